The first-order chi connectivity index (χ1) is 7.92. The van der Waals surface area contributed by atoms with E-state index in [-0.39, 0.29) is 0 Å². The third kappa shape index (κ3) is 1.85. The molecule has 1 aromatic heterocycles. The molecule has 1 heterocycles. The maximum atomic E-state index is 4.57. The lowest BCUT2D eigenvalue weighted by Crippen LogP contribution is -1.97. The van der Waals surface area contributed by atoms with E-state index >= 15 is 0 Å². The predicted molar refractivity (Wildman–Crippen MR) is 65.9 cm³/mol. The minimum absolute atomic E-state index is 0.521. The van der Waals surface area contributed by atoms with E-state index in [9.17, 15) is 0 Å². The second kappa shape index (κ2) is 4.08. The average Bonchev–Trinajstić information content (AvgIpc) is 2.95. The topological polar surface area (TPSA) is 41.0 Å². The van der Waals surface area contributed by atoms with Crippen LogP contribution in [0.2, 0.25) is 0 Å². The first-order valence-corrected chi connectivity index (χ1v) is 5.90. The van der Waals surface area contributed by atoms with Gasteiger partial charge in [-0.15, -0.1) is 0 Å². The Hall–Kier alpha value is -1.64. The van der Waals surface area contributed by atoms with Crippen molar-refractivity contribution >= 4 is 17.2 Å². The number of nitrogens with zero attached hydrogens (tertiary/aromatic N) is 2. The number of hydrogen-bond acceptors (Lipinski definition) is 2. The molecule has 3 nitrogen and oxygen atoms in total. The van der Waals surface area contributed by atoms with E-state index in [1.54, 1.807) is 0 Å². The second-order valence-electron chi connectivity index (χ2n) is 4.36. The number of benzene rings is 1. The molecule has 0 saturated heterocycles. The second-order valence-corrected chi connectivity index (χ2v) is 4.36. The standard InChI is InChI=1S/C13H15N3/c1-2-6-10(5-1)14-9-13-15-11-7-3-4-8-12(11)16-13/h3-4,7-10H,1-2,5-6H2,(H,15,16). The number of fused-ring (bicyclic) bond motifs is 1. The third-order valence-electron chi connectivity index (χ3n) is 3.14. The zero-order valence-electron chi connectivity index (χ0n) is 9.19. The highest BCUT2D eigenvalue weighted by Gasteiger charge is 2.12. The van der Waals surface area contributed by atoms with Crippen LogP contribution in [0.1, 0.15) is 31.5 Å². The minimum Gasteiger partial charge on any atom is -0.337 e. The van der Waals surface area contributed by atoms with Crippen LogP contribution in [0, 0.1) is 0 Å². The Labute approximate surface area is 94.6 Å². The molecule has 1 fully saturated rings. The molecule has 0 atom stereocenters. The Bertz CT molecular complexity index is 474. The van der Waals surface area contributed by atoms with Crippen molar-refractivity contribution in [2.24, 2.45) is 4.99 Å². The van der Waals surface area contributed by atoms with Gasteiger partial charge >= 0.3 is 0 Å². The molecule has 1 aliphatic carbocycles. The normalized spacial score (nSPS) is 17.8. The molecule has 1 aliphatic rings. The van der Waals surface area contributed by atoms with Crippen LogP contribution in [0.4, 0.5) is 0 Å². The summed E-state index contributed by atoms with van der Waals surface area (Å²) in [5.41, 5.74) is 2.09. The molecule has 82 valence electrons. The lowest BCUT2D eigenvalue weighted by molar-refractivity contribution is 0.709. The smallest absolute Gasteiger partial charge is 0.149 e. The molecule has 0 amide bonds. The van der Waals surface area contributed by atoms with Crippen LogP contribution in [0.5, 0.6) is 0 Å². The number of aliphatic imine (C=N–C) groups is 1. The van der Waals surface area contributed by atoms with Gasteiger partial charge in [-0.2, -0.15) is 0 Å². The molecule has 0 radical (unpaired) electrons. The van der Waals surface area contributed by atoms with Gasteiger partial charge in [0.25, 0.3) is 0 Å². The van der Waals surface area contributed by atoms with Crippen LogP contribution in [0.3, 0.4) is 0 Å². The highest BCUT2D eigenvalue weighted by Crippen LogP contribution is 2.20. The van der Waals surface area contributed by atoms with Crippen molar-refractivity contribution in [3.05, 3.63) is 30.1 Å². The van der Waals surface area contributed by atoms with E-state index in [0.717, 1.165) is 16.9 Å². The Morgan fingerprint density at radius 1 is 1.25 bits per heavy atom. The zero-order chi connectivity index (χ0) is 10.8. The number of imidazole rings is 1. The zero-order valence-corrected chi connectivity index (χ0v) is 9.19. The van der Waals surface area contributed by atoms with Gasteiger partial charge in [0.05, 0.1) is 23.3 Å². The fourth-order valence-electron chi connectivity index (χ4n) is 2.26. The first kappa shape index (κ1) is 9.58. The van der Waals surface area contributed by atoms with Crippen LogP contribution in [-0.2, 0) is 0 Å². The number of hydrogen-bond donors (Lipinski definition) is 1. The molecular formula is C13H15N3. The summed E-state index contributed by atoms with van der Waals surface area (Å²) in [6, 6.07) is 8.58. The van der Waals surface area contributed by atoms with Gasteiger partial charge in [-0.05, 0) is 25.0 Å². The SMILES string of the molecule is C(=NC1CCCC1)c1nc2ccccc2[nH]1. The van der Waals surface area contributed by atoms with E-state index in [1.807, 2.05) is 30.5 Å². The maximum absolute atomic E-state index is 4.57. The number of aromatic amines is 1. The summed E-state index contributed by atoms with van der Waals surface area (Å²) in [7, 11) is 0. The van der Waals surface area contributed by atoms with Crippen LogP contribution < -0.4 is 0 Å². The van der Waals surface area contributed by atoms with Gasteiger partial charge in [-0.25, -0.2) is 4.98 Å². The Morgan fingerprint density at radius 2 is 2.06 bits per heavy atom. The third-order valence-corrected chi connectivity index (χ3v) is 3.14. The van der Waals surface area contributed by atoms with Crippen molar-refractivity contribution < 1.29 is 0 Å². The minimum atomic E-state index is 0.521. The van der Waals surface area contributed by atoms with Crippen LogP contribution in [0.15, 0.2) is 29.3 Å². The summed E-state index contributed by atoms with van der Waals surface area (Å²) in [5, 5.41) is 0. The molecule has 1 N–H and O–H groups in total. The molecular weight excluding hydrogens is 198 g/mol. The molecule has 2 aromatic rings. The fourth-order valence-corrected chi connectivity index (χ4v) is 2.26. The summed E-state index contributed by atoms with van der Waals surface area (Å²) in [4.78, 5) is 12.3. The molecule has 0 bridgehead atoms. The van der Waals surface area contributed by atoms with E-state index in [2.05, 4.69) is 15.0 Å². The highest BCUT2D eigenvalue weighted by atomic mass is 14.9. The molecule has 16 heavy (non-hydrogen) atoms. The largest absolute Gasteiger partial charge is 0.337 e. The Kier molecular flexibility index (Phi) is 2.44. The molecule has 0 unspecified atom stereocenters. The quantitative estimate of drug-likeness (QED) is 0.765. The lowest BCUT2D eigenvalue weighted by Gasteiger charge is -1.98. The number of H-pyrrole nitrogens is 1. The average molecular weight is 213 g/mol. The summed E-state index contributed by atoms with van der Waals surface area (Å²) in [6.07, 6.45) is 6.99. The van der Waals surface area contributed by atoms with Crippen LogP contribution in [-0.4, -0.2) is 22.2 Å². The van der Waals surface area contributed by atoms with Crippen molar-refractivity contribution in [2.75, 3.05) is 0 Å². The van der Waals surface area contributed by atoms with Crippen molar-refractivity contribution in [1.29, 1.82) is 0 Å². The Morgan fingerprint density at radius 3 is 2.88 bits per heavy atom. The van der Waals surface area contributed by atoms with Crippen molar-refractivity contribution in [3.63, 3.8) is 0 Å². The first-order valence-electron chi connectivity index (χ1n) is 5.90. The van der Waals surface area contributed by atoms with Gasteiger partial charge in [-0.3, -0.25) is 4.99 Å². The number of nitrogens with one attached hydrogen (secondary N) is 1. The van der Waals surface area contributed by atoms with E-state index in [0.29, 0.717) is 6.04 Å². The monoisotopic (exact) mass is 213 g/mol. The van der Waals surface area contributed by atoms with Gasteiger partial charge in [0.1, 0.15) is 5.82 Å². The molecule has 0 aliphatic heterocycles. The van der Waals surface area contributed by atoms with E-state index < -0.39 is 0 Å². The van der Waals surface area contributed by atoms with E-state index in [1.165, 1.54) is 25.7 Å². The summed E-state index contributed by atoms with van der Waals surface area (Å²) in [5.74, 6) is 0.869. The van der Waals surface area contributed by atoms with Gasteiger partial charge in [0, 0.05) is 0 Å². The number of para-hydroxylation sites is 2. The highest BCUT2D eigenvalue weighted by molar-refractivity contribution is 5.83. The fraction of sp³-hybridized carbons (Fsp3) is 0.385. The number of aromatic nitrogens is 2. The Balaban J connectivity index is 1.83. The summed E-state index contributed by atoms with van der Waals surface area (Å²) >= 11 is 0. The molecule has 3 rings (SSSR count). The van der Waals surface area contributed by atoms with Gasteiger partial charge in [0.15, 0.2) is 0 Å². The number of rotatable bonds is 2. The van der Waals surface area contributed by atoms with Crippen molar-refractivity contribution in [2.45, 2.75) is 31.7 Å². The van der Waals surface area contributed by atoms with Gasteiger partial charge < -0.3 is 4.98 Å². The molecule has 1 aromatic carbocycles. The predicted octanol–water partition coefficient (Wildman–Crippen LogP) is 2.92. The van der Waals surface area contributed by atoms with Crippen molar-refractivity contribution in [3.8, 4) is 0 Å². The van der Waals surface area contributed by atoms with Crippen LogP contribution >= 0.6 is 0 Å². The molecule has 1 saturated carbocycles. The lowest BCUT2D eigenvalue weighted by atomic mass is 10.3. The van der Waals surface area contributed by atoms with Crippen molar-refractivity contribution in [1.82, 2.24) is 9.97 Å². The molecule has 0 spiro atoms. The maximum Gasteiger partial charge on any atom is 0.149 e. The van der Waals surface area contributed by atoms with Gasteiger partial charge in [0.2, 0.25) is 0 Å². The molecule has 3 heteroatoms. The van der Waals surface area contributed by atoms with E-state index in [4.69, 9.17) is 0 Å². The summed E-state index contributed by atoms with van der Waals surface area (Å²) < 4.78 is 0. The summed E-state index contributed by atoms with van der Waals surface area (Å²) in [6.45, 7) is 0. The van der Waals surface area contributed by atoms with Crippen LogP contribution in [0.25, 0.3) is 11.0 Å². The van der Waals surface area contributed by atoms with Gasteiger partial charge in [-0.1, -0.05) is 25.0 Å².